The Morgan fingerprint density at radius 1 is 0.867 bits per heavy atom. The summed E-state index contributed by atoms with van der Waals surface area (Å²) in [6, 6.07) is 21.2. The quantitative estimate of drug-likeness (QED) is 0.338. The SMILES string of the molecule is CC1(C)OB(C(C/C=C/c2ccccc2)(Sc2ccccc2)[Si](C)(C)C)OC1(C)C. The fourth-order valence-corrected chi connectivity index (χ4v) is 7.88. The van der Waals surface area contributed by atoms with Crippen LogP contribution in [0.25, 0.3) is 6.08 Å². The van der Waals surface area contributed by atoms with Gasteiger partial charge in [-0.2, -0.15) is 0 Å². The molecule has 0 aromatic heterocycles. The summed E-state index contributed by atoms with van der Waals surface area (Å²) in [7, 11) is -2.05. The van der Waals surface area contributed by atoms with Gasteiger partial charge in [0.25, 0.3) is 0 Å². The fourth-order valence-electron chi connectivity index (χ4n) is 3.67. The molecule has 0 aliphatic carbocycles. The molecular formula is C25H35BO2SSi. The van der Waals surface area contributed by atoms with Crippen molar-refractivity contribution in [1.29, 1.82) is 0 Å². The maximum Gasteiger partial charge on any atom is 0.472 e. The van der Waals surface area contributed by atoms with E-state index in [4.69, 9.17) is 9.31 Å². The number of hydrogen-bond acceptors (Lipinski definition) is 3. The molecule has 0 spiro atoms. The van der Waals surface area contributed by atoms with Gasteiger partial charge in [-0.25, -0.2) is 0 Å². The first-order valence-corrected chi connectivity index (χ1v) is 15.1. The summed E-state index contributed by atoms with van der Waals surface area (Å²) >= 11 is 1.94. The smallest absolute Gasteiger partial charge is 0.402 e. The van der Waals surface area contributed by atoms with E-state index in [1.807, 2.05) is 11.8 Å². The number of allylic oxidation sites excluding steroid dienone is 1. The van der Waals surface area contributed by atoms with Crippen LogP contribution in [0.3, 0.4) is 0 Å². The van der Waals surface area contributed by atoms with E-state index in [1.165, 1.54) is 10.5 Å². The van der Waals surface area contributed by atoms with Crippen LogP contribution < -0.4 is 0 Å². The van der Waals surface area contributed by atoms with Crippen LogP contribution in [0.15, 0.2) is 71.6 Å². The topological polar surface area (TPSA) is 18.5 Å². The standard InChI is InChI=1S/C25H35BO2SSi/c1-23(2)24(3,4)28-26(27-23)25(30(5,6)7,29-22-18-12-9-13-19-22)20-14-17-21-15-10-8-11-16-21/h8-19H,20H2,1-7H3/b17-14+. The molecule has 160 valence electrons. The van der Waals surface area contributed by atoms with Gasteiger partial charge in [-0.1, -0.05) is 80.3 Å². The van der Waals surface area contributed by atoms with Crippen molar-refractivity contribution < 1.29 is 9.31 Å². The van der Waals surface area contributed by atoms with Gasteiger partial charge in [-0.05, 0) is 51.8 Å². The molecule has 0 N–H and O–H groups in total. The lowest BCUT2D eigenvalue weighted by atomic mass is 9.80. The summed E-state index contributed by atoms with van der Waals surface area (Å²) in [5, 5.41) is 0. The summed E-state index contributed by atoms with van der Waals surface area (Å²) in [4.78, 5) is 1.27. The Bertz CT molecular complexity index is 846. The van der Waals surface area contributed by atoms with E-state index in [0.717, 1.165) is 6.42 Å². The minimum Gasteiger partial charge on any atom is -0.402 e. The zero-order chi connectivity index (χ0) is 22.0. The molecule has 0 radical (unpaired) electrons. The van der Waals surface area contributed by atoms with E-state index < -0.39 is 8.07 Å². The molecule has 5 heteroatoms. The largest absolute Gasteiger partial charge is 0.472 e. The molecule has 2 aromatic rings. The normalized spacial score (nSPS) is 20.4. The molecule has 1 aliphatic rings. The summed E-state index contributed by atoms with van der Waals surface area (Å²) < 4.78 is 13.2. The third-order valence-electron chi connectivity index (χ3n) is 6.48. The van der Waals surface area contributed by atoms with E-state index in [1.54, 1.807) is 0 Å². The fraction of sp³-hybridized carbons (Fsp3) is 0.440. The molecule has 0 bridgehead atoms. The van der Waals surface area contributed by atoms with Crippen molar-refractivity contribution in [3.8, 4) is 0 Å². The molecule has 30 heavy (non-hydrogen) atoms. The molecule has 1 aliphatic heterocycles. The summed E-state index contributed by atoms with van der Waals surface area (Å²) in [6.07, 6.45) is 5.44. The zero-order valence-electron chi connectivity index (χ0n) is 19.4. The van der Waals surface area contributed by atoms with E-state index in [-0.39, 0.29) is 22.6 Å². The lowest BCUT2D eigenvalue weighted by Crippen LogP contribution is -2.61. The number of rotatable bonds is 7. The second-order valence-electron chi connectivity index (χ2n) is 10.2. The van der Waals surface area contributed by atoms with Gasteiger partial charge >= 0.3 is 7.12 Å². The third-order valence-corrected chi connectivity index (χ3v) is 12.8. The summed E-state index contributed by atoms with van der Waals surface area (Å²) in [5.74, 6) is 0. The molecule has 2 aromatic carbocycles. The monoisotopic (exact) mass is 438 g/mol. The number of thioether (sulfide) groups is 1. The van der Waals surface area contributed by atoms with Gasteiger partial charge in [-0.15, -0.1) is 11.8 Å². The van der Waals surface area contributed by atoms with Gasteiger partial charge in [0.2, 0.25) is 0 Å². The second kappa shape index (κ2) is 8.70. The Balaban J connectivity index is 2.02. The van der Waals surface area contributed by atoms with E-state index >= 15 is 0 Å². The lowest BCUT2D eigenvalue weighted by Gasteiger charge is -2.43. The van der Waals surface area contributed by atoms with Crippen molar-refractivity contribution in [3.05, 3.63) is 72.3 Å². The average molecular weight is 439 g/mol. The molecular weight excluding hydrogens is 403 g/mol. The first-order chi connectivity index (χ1) is 14.0. The first kappa shape index (κ1) is 23.4. The van der Waals surface area contributed by atoms with Crippen LogP contribution in [0.5, 0.6) is 0 Å². The van der Waals surface area contributed by atoms with Gasteiger partial charge in [0, 0.05) is 4.90 Å². The Kier molecular flexibility index (Phi) is 6.78. The van der Waals surface area contributed by atoms with Crippen molar-refractivity contribution in [2.75, 3.05) is 0 Å². The molecule has 1 heterocycles. The zero-order valence-corrected chi connectivity index (χ0v) is 21.3. The lowest BCUT2D eigenvalue weighted by molar-refractivity contribution is 0.00578. The molecule has 1 fully saturated rings. The molecule has 0 saturated carbocycles. The van der Waals surface area contributed by atoms with Crippen molar-refractivity contribution >= 4 is 33.0 Å². The van der Waals surface area contributed by atoms with Crippen LogP contribution in [0, 0.1) is 0 Å². The molecule has 2 nitrogen and oxygen atoms in total. The van der Waals surface area contributed by atoms with Gasteiger partial charge in [-0.3, -0.25) is 0 Å². The van der Waals surface area contributed by atoms with Gasteiger partial charge in [0.1, 0.15) is 0 Å². The van der Waals surface area contributed by atoms with Gasteiger partial charge in [0.15, 0.2) is 0 Å². The van der Waals surface area contributed by atoms with Crippen molar-refractivity contribution in [3.63, 3.8) is 0 Å². The van der Waals surface area contributed by atoms with Crippen LogP contribution in [0.2, 0.25) is 19.6 Å². The predicted molar refractivity (Wildman–Crippen MR) is 135 cm³/mol. The second-order valence-corrected chi connectivity index (χ2v) is 17.3. The van der Waals surface area contributed by atoms with E-state index in [2.05, 4.69) is 120 Å². The molecule has 1 atom stereocenters. The van der Waals surface area contributed by atoms with Crippen LogP contribution in [0.1, 0.15) is 39.7 Å². The van der Waals surface area contributed by atoms with Crippen LogP contribution in [-0.2, 0) is 9.31 Å². The predicted octanol–water partition coefficient (Wildman–Crippen LogP) is 7.13. The average Bonchev–Trinajstić information content (AvgIpc) is 2.89. The molecule has 1 saturated heterocycles. The third kappa shape index (κ3) is 4.80. The van der Waals surface area contributed by atoms with E-state index in [9.17, 15) is 0 Å². The van der Waals surface area contributed by atoms with Gasteiger partial charge < -0.3 is 9.31 Å². The van der Waals surface area contributed by atoms with Crippen LogP contribution in [-0.4, -0.2) is 30.7 Å². The van der Waals surface area contributed by atoms with Crippen molar-refractivity contribution in [2.24, 2.45) is 0 Å². The molecule has 3 rings (SSSR count). The maximum absolute atomic E-state index is 6.69. The highest BCUT2D eigenvalue weighted by Crippen LogP contribution is 2.51. The minimum atomic E-state index is -1.79. The van der Waals surface area contributed by atoms with Gasteiger partial charge in [0.05, 0.1) is 23.5 Å². The first-order valence-electron chi connectivity index (χ1n) is 10.8. The summed E-state index contributed by atoms with van der Waals surface area (Å²) in [5.41, 5.74) is 0.534. The highest BCUT2D eigenvalue weighted by Gasteiger charge is 2.63. The Labute approximate surface area is 188 Å². The van der Waals surface area contributed by atoms with E-state index in [0.29, 0.717) is 0 Å². The summed E-state index contributed by atoms with van der Waals surface area (Å²) in [6.45, 7) is 15.9. The highest BCUT2D eigenvalue weighted by atomic mass is 32.2. The molecule has 0 amide bonds. The van der Waals surface area contributed by atoms with Crippen molar-refractivity contribution in [1.82, 2.24) is 0 Å². The number of hydrogen-bond donors (Lipinski definition) is 0. The molecule has 1 unspecified atom stereocenters. The Morgan fingerprint density at radius 3 is 1.87 bits per heavy atom. The Hall–Kier alpha value is -1.27. The Morgan fingerprint density at radius 2 is 1.37 bits per heavy atom. The maximum atomic E-state index is 6.69. The minimum absolute atomic E-state index is 0.162. The number of benzene rings is 2. The van der Waals surface area contributed by atoms with Crippen molar-refractivity contribution in [2.45, 2.75) is 74.1 Å². The van der Waals surface area contributed by atoms with Crippen LogP contribution in [0.4, 0.5) is 0 Å². The van der Waals surface area contributed by atoms with Crippen LogP contribution >= 0.6 is 11.8 Å². The highest BCUT2D eigenvalue weighted by molar-refractivity contribution is 8.04.